The van der Waals surface area contributed by atoms with Crippen LogP contribution in [0, 0.1) is 0 Å². The minimum Gasteiger partial charge on any atom is -0.246 e. The van der Waals surface area contributed by atoms with Crippen LogP contribution in [0.2, 0.25) is 0 Å². The van der Waals surface area contributed by atoms with Gasteiger partial charge in [-0.05, 0) is 24.6 Å². The van der Waals surface area contributed by atoms with Gasteiger partial charge in [0, 0.05) is 4.47 Å². The normalized spacial score (nSPS) is 26.1. The molecule has 1 saturated carbocycles. The molecular formula is C9H8BrFO2S. The number of benzene rings is 1. The maximum Gasteiger partial charge on any atom is 0.184 e. The van der Waals surface area contributed by atoms with Gasteiger partial charge in [0.25, 0.3) is 0 Å². The topological polar surface area (TPSA) is 34.1 Å². The van der Waals surface area contributed by atoms with Crippen molar-refractivity contribution in [3.05, 3.63) is 28.7 Å². The molecule has 0 amide bonds. The van der Waals surface area contributed by atoms with Gasteiger partial charge in [0.1, 0.15) is 6.17 Å². The lowest BCUT2D eigenvalue weighted by molar-refractivity contribution is 0.477. The molecule has 0 radical (unpaired) electrons. The van der Waals surface area contributed by atoms with Crippen molar-refractivity contribution < 1.29 is 12.8 Å². The molecule has 0 saturated heterocycles. The second-order valence-electron chi connectivity index (χ2n) is 3.29. The molecule has 1 aliphatic rings. The Morgan fingerprint density at radius 2 is 2.07 bits per heavy atom. The van der Waals surface area contributed by atoms with Crippen molar-refractivity contribution >= 4 is 25.8 Å². The Hall–Kier alpha value is -0.420. The van der Waals surface area contributed by atoms with E-state index in [0.29, 0.717) is 4.47 Å². The van der Waals surface area contributed by atoms with Crippen LogP contribution in [-0.2, 0) is 9.84 Å². The third-order valence-electron chi connectivity index (χ3n) is 2.18. The van der Waals surface area contributed by atoms with Crippen LogP contribution in [0.3, 0.4) is 0 Å². The summed E-state index contributed by atoms with van der Waals surface area (Å²) >= 11 is 3.18. The van der Waals surface area contributed by atoms with E-state index in [2.05, 4.69) is 15.9 Å². The fraction of sp³-hybridized carbons (Fsp3) is 0.333. The van der Waals surface area contributed by atoms with Gasteiger partial charge < -0.3 is 0 Å². The van der Waals surface area contributed by atoms with Crippen LogP contribution in [-0.4, -0.2) is 19.8 Å². The number of hydrogen-bond donors (Lipinski definition) is 0. The van der Waals surface area contributed by atoms with Crippen LogP contribution < -0.4 is 0 Å². The van der Waals surface area contributed by atoms with E-state index in [0.717, 1.165) is 0 Å². The lowest BCUT2D eigenvalue weighted by atomic mass is 10.4. The van der Waals surface area contributed by atoms with Crippen LogP contribution in [0.15, 0.2) is 33.6 Å². The predicted octanol–water partition coefficient (Wildman–Crippen LogP) is 2.33. The Balaban J connectivity index is 2.40. The van der Waals surface area contributed by atoms with E-state index in [9.17, 15) is 12.8 Å². The zero-order chi connectivity index (χ0) is 10.3. The number of alkyl halides is 1. The second-order valence-corrected chi connectivity index (χ2v) is 6.38. The molecule has 1 aromatic rings. The average molecular weight is 279 g/mol. The zero-order valence-electron chi connectivity index (χ0n) is 7.15. The average Bonchev–Trinajstić information content (AvgIpc) is 2.83. The van der Waals surface area contributed by atoms with Crippen molar-refractivity contribution in [2.45, 2.75) is 22.7 Å². The molecule has 1 aromatic carbocycles. The predicted molar refractivity (Wildman–Crippen MR) is 54.6 cm³/mol. The molecular weight excluding hydrogens is 271 g/mol. The number of rotatable bonds is 2. The molecule has 2 nitrogen and oxygen atoms in total. The summed E-state index contributed by atoms with van der Waals surface area (Å²) in [5.41, 5.74) is 0. The standard InChI is InChI=1S/C9H8BrFO2S/c10-6-2-1-3-7(4-6)14(12,13)9-5-8(9)11/h1-4,8-9H,5H2/t8-,9+/m0/s1. The van der Waals surface area contributed by atoms with Crippen LogP contribution in [0.1, 0.15) is 6.42 Å². The van der Waals surface area contributed by atoms with E-state index in [1.165, 1.54) is 12.1 Å². The molecule has 1 aliphatic carbocycles. The van der Waals surface area contributed by atoms with Crippen LogP contribution in [0.5, 0.6) is 0 Å². The fourth-order valence-corrected chi connectivity index (χ4v) is 3.57. The Morgan fingerprint density at radius 1 is 1.43 bits per heavy atom. The SMILES string of the molecule is O=S(=O)(c1cccc(Br)c1)[C@@H]1C[C@@H]1F. The minimum atomic E-state index is -3.44. The van der Waals surface area contributed by atoms with Crippen molar-refractivity contribution in [3.8, 4) is 0 Å². The molecule has 0 bridgehead atoms. The third-order valence-corrected chi connectivity index (χ3v) is 4.87. The van der Waals surface area contributed by atoms with E-state index in [4.69, 9.17) is 0 Å². The summed E-state index contributed by atoms with van der Waals surface area (Å²) < 4.78 is 36.7. The van der Waals surface area contributed by atoms with Crippen molar-refractivity contribution in [3.63, 3.8) is 0 Å². The number of halogens is 2. The van der Waals surface area contributed by atoms with Gasteiger partial charge in [-0.25, -0.2) is 12.8 Å². The monoisotopic (exact) mass is 278 g/mol. The summed E-state index contributed by atoms with van der Waals surface area (Å²) in [4.78, 5) is 0.192. The molecule has 2 rings (SSSR count). The highest BCUT2D eigenvalue weighted by molar-refractivity contribution is 9.10. The van der Waals surface area contributed by atoms with E-state index in [1.807, 2.05) is 0 Å². The molecule has 1 fully saturated rings. The third kappa shape index (κ3) is 1.70. The molecule has 0 unspecified atom stereocenters. The van der Waals surface area contributed by atoms with Gasteiger partial charge in [-0.1, -0.05) is 22.0 Å². The molecule has 0 aromatic heterocycles. The minimum absolute atomic E-state index is 0.134. The van der Waals surface area contributed by atoms with Gasteiger partial charge in [0.05, 0.1) is 10.1 Å². The molecule has 5 heteroatoms. The smallest absolute Gasteiger partial charge is 0.184 e. The van der Waals surface area contributed by atoms with Gasteiger partial charge in [0.2, 0.25) is 0 Å². The van der Waals surface area contributed by atoms with Crippen molar-refractivity contribution in [1.82, 2.24) is 0 Å². The Labute approximate surface area is 90.2 Å². The van der Waals surface area contributed by atoms with Gasteiger partial charge in [0.15, 0.2) is 9.84 Å². The lowest BCUT2D eigenvalue weighted by Gasteiger charge is -2.02. The van der Waals surface area contributed by atoms with Gasteiger partial charge in [-0.15, -0.1) is 0 Å². The van der Waals surface area contributed by atoms with Gasteiger partial charge in [-0.3, -0.25) is 0 Å². The first-order chi connectivity index (χ1) is 6.51. The van der Waals surface area contributed by atoms with Crippen molar-refractivity contribution in [2.24, 2.45) is 0 Å². The molecule has 0 N–H and O–H groups in total. The Bertz CT molecular complexity index is 458. The van der Waals surface area contributed by atoms with E-state index >= 15 is 0 Å². The molecule has 0 aliphatic heterocycles. The molecule has 0 spiro atoms. The maximum atomic E-state index is 12.7. The molecule has 2 atom stereocenters. The van der Waals surface area contributed by atoms with Crippen LogP contribution >= 0.6 is 15.9 Å². The molecule has 0 heterocycles. The fourth-order valence-electron chi connectivity index (χ4n) is 1.28. The van der Waals surface area contributed by atoms with Crippen molar-refractivity contribution in [1.29, 1.82) is 0 Å². The molecule has 14 heavy (non-hydrogen) atoms. The highest BCUT2D eigenvalue weighted by Crippen LogP contribution is 2.37. The van der Waals surface area contributed by atoms with Gasteiger partial charge >= 0.3 is 0 Å². The lowest BCUT2D eigenvalue weighted by Crippen LogP contribution is -2.09. The first-order valence-corrected chi connectivity index (χ1v) is 6.49. The van der Waals surface area contributed by atoms with Crippen molar-refractivity contribution in [2.75, 3.05) is 0 Å². The largest absolute Gasteiger partial charge is 0.246 e. The number of sulfone groups is 1. The first-order valence-electron chi connectivity index (χ1n) is 4.15. The summed E-state index contributed by atoms with van der Waals surface area (Å²) in [6.07, 6.45) is -1.05. The highest BCUT2D eigenvalue weighted by atomic mass is 79.9. The van der Waals surface area contributed by atoms with E-state index in [-0.39, 0.29) is 11.3 Å². The van der Waals surface area contributed by atoms with E-state index < -0.39 is 21.3 Å². The Kier molecular flexibility index (Phi) is 2.39. The van der Waals surface area contributed by atoms with Gasteiger partial charge in [-0.2, -0.15) is 0 Å². The van der Waals surface area contributed by atoms with E-state index in [1.54, 1.807) is 12.1 Å². The Morgan fingerprint density at radius 3 is 2.57 bits per heavy atom. The number of hydrogen-bond acceptors (Lipinski definition) is 2. The summed E-state index contributed by atoms with van der Waals surface area (Å²) in [6.45, 7) is 0. The summed E-state index contributed by atoms with van der Waals surface area (Å²) in [7, 11) is -3.44. The van der Waals surface area contributed by atoms with Crippen LogP contribution in [0.25, 0.3) is 0 Å². The summed E-state index contributed by atoms with van der Waals surface area (Å²) in [5, 5.41) is -0.822. The second kappa shape index (κ2) is 3.31. The zero-order valence-corrected chi connectivity index (χ0v) is 9.55. The summed E-state index contributed by atoms with van der Waals surface area (Å²) in [6, 6.07) is 6.36. The van der Waals surface area contributed by atoms with Crippen LogP contribution in [0.4, 0.5) is 4.39 Å². The first kappa shape index (κ1) is 10.1. The maximum absolute atomic E-state index is 12.7. The highest BCUT2D eigenvalue weighted by Gasteiger charge is 2.48. The quantitative estimate of drug-likeness (QED) is 0.832. The summed E-state index contributed by atoms with van der Waals surface area (Å²) in [5.74, 6) is 0. The molecule has 76 valence electrons.